The summed E-state index contributed by atoms with van der Waals surface area (Å²) in [5.74, 6) is -0.304. The predicted molar refractivity (Wildman–Crippen MR) is 71.9 cm³/mol. The lowest BCUT2D eigenvalue weighted by molar-refractivity contribution is 0.0600. The number of hydrogen-bond donors (Lipinski definition) is 2. The smallest absolute Gasteiger partial charge is 0.338 e. The van der Waals surface area contributed by atoms with Gasteiger partial charge in [-0.2, -0.15) is 0 Å². The molecule has 100 valence electrons. The number of aryl methyl sites for hydroxylation is 1. The van der Waals surface area contributed by atoms with Crippen LogP contribution in [-0.4, -0.2) is 31.3 Å². The molecular formula is C14H21NO3. The lowest BCUT2D eigenvalue weighted by Gasteiger charge is -2.09. The molecule has 0 aromatic heterocycles. The van der Waals surface area contributed by atoms with Crippen molar-refractivity contribution in [3.8, 4) is 0 Å². The Morgan fingerprint density at radius 3 is 2.72 bits per heavy atom. The van der Waals surface area contributed by atoms with E-state index < -0.39 is 0 Å². The number of hydrogen-bond acceptors (Lipinski definition) is 4. The first-order chi connectivity index (χ1) is 8.69. The van der Waals surface area contributed by atoms with Crippen LogP contribution in [0.15, 0.2) is 18.2 Å². The number of ether oxygens (including phenoxy) is 1. The van der Waals surface area contributed by atoms with Gasteiger partial charge in [0, 0.05) is 18.8 Å². The Morgan fingerprint density at radius 1 is 1.33 bits per heavy atom. The quantitative estimate of drug-likeness (QED) is 0.577. The van der Waals surface area contributed by atoms with Crippen molar-refractivity contribution in [1.29, 1.82) is 0 Å². The SMILES string of the molecule is COC(=O)c1ccc(NCCCCCO)cc1C. The molecule has 0 aliphatic rings. The number of carbonyl (C=O) groups is 1. The molecule has 0 heterocycles. The molecule has 2 N–H and O–H groups in total. The van der Waals surface area contributed by atoms with E-state index in [1.54, 1.807) is 6.07 Å². The van der Waals surface area contributed by atoms with E-state index in [2.05, 4.69) is 5.32 Å². The normalized spacial score (nSPS) is 10.2. The van der Waals surface area contributed by atoms with Crippen molar-refractivity contribution in [3.63, 3.8) is 0 Å². The summed E-state index contributed by atoms with van der Waals surface area (Å²) in [6.07, 6.45) is 2.89. The molecule has 0 saturated carbocycles. The molecule has 0 radical (unpaired) electrons. The third-order valence-corrected chi connectivity index (χ3v) is 2.80. The Labute approximate surface area is 108 Å². The predicted octanol–water partition coefficient (Wildman–Crippen LogP) is 2.36. The molecule has 0 amide bonds. The van der Waals surface area contributed by atoms with Gasteiger partial charge in [-0.15, -0.1) is 0 Å². The van der Waals surface area contributed by atoms with Gasteiger partial charge in [0.2, 0.25) is 0 Å². The third kappa shape index (κ3) is 4.37. The average molecular weight is 251 g/mol. The van der Waals surface area contributed by atoms with Crippen LogP contribution >= 0.6 is 0 Å². The molecule has 1 aromatic carbocycles. The monoisotopic (exact) mass is 251 g/mol. The Morgan fingerprint density at radius 2 is 2.11 bits per heavy atom. The van der Waals surface area contributed by atoms with Gasteiger partial charge in [0.05, 0.1) is 12.7 Å². The van der Waals surface area contributed by atoms with Crippen LogP contribution in [0.4, 0.5) is 5.69 Å². The van der Waals surface area contributed by atoms with E-state index in [-0.39, 0.29) is 12.6 Å². The summed E-state index contributed by atoms with van der Waals surface area (Å²) in [5.41, 5.74) is 2.51. The highest BCUT2D eigenvalue weighted by Crippen LogP contribution is 2.16. The summed E-state index contributed by atoms with van der Waals surface area (Å²) in [5, 5.41) is 12.0. The highest BCUT2D eigenvalue weighted by molar-refractivity contribution is 5.91. The van der Waals surface area contributed by atoms with Gasteiger partial charge in [-0.1, -0.05) is 0 Å². The first-order valence-electron chi connectivity index (χ1n) is 6.22. The van der Waals surface area contributed by atoms with Gasteiger partial charge in [-0.25, -0.2) is 4.79 Å². The van der Waals surface area contributed by atoms with E-state index in [0.29, 0.717) is 5.56 Å². The van der Waals surface area contributed by atoms with Crippen LogP contribution in [0.3, 0.4) is 0 Å². The van der Waals surface area contributed by atoms with Crippen LogP contribution in [-0.2, 0) is 4.74 Å². The van der Waals surface area contributed by atoms with Crippen LogP contribution in [0.2, 0.25) is 0 Å². The highest BCUT2D eigenvalue weighted by atomic mass is 16.5. The molecule has 18 heavy (non-hydrogen) atoms. The summed E-state index contributed by atoms with van der Waals surface area (Å²) >= 11 is 0. The highest BCUT2D eigenvalue weighted by Gasteiger charge is 2.08. The molecule has 1 rings (SSSR count). The number of anilines is 1. The number of nitrogens with one attached hydrogen (secondary N) is 1. The lowest BCUT2D eigenvalue weighted by atomic mass is 10.1. The van der Waals surface area contributed by atoms with Gasteiger partial charge in [0.25, 0.3) is 0 Å². The largest absolute Gasteiger partial charge is 0.465 e. The second kappa shape index (κ2) is 7.71. The number of rotatable bonds is 7. The van der Waals surface area contributed by atoms with Crippen molar-refractivity contribution < 1.29 is 14.6 Å². The van der Waals surface area contributed by atoms with Gasteiger partial charge >= 0.3 is 5.97 Å². The van der Waals surface area contributed by atoms with Crippen LogP contribution in [0.25, 0.3) is 0 Å². The van der Waals surface area contributed by atoms with Crippen LogP contribution in [0.1, 0.15) is 35.2 Å². The zero-order chi connectivity index (χ0) is 13.4. The van der Waals surface area contributed by atoms with Gasteiger partial charge < -0.3 is 15.2 Å². The maximum Gasteiger partial charge on any atom is 0.338 e. The minimum Gasteiger partial charge on any atom is -0.465 e. The fraction of sp³-hybridized carbons (Fsp3) is 0.500. The average Bonchev–Trinajstić information content (AvgIpc) is 2.38. The van der Waals surface area contributed by atoms with Crippen molar-refractivity contribution in [1.82, 2.24) is 0 Å². The number of aliphatic hydroxyl groups excluding tert-OH is 1. The van der Waals surface area contributed by atoms with Crippen LogP contribution in [0, 0.1) is 6.92 Å². The van der Waals surface area contributed by atoms with E-state index in [9.17, 15) is 4.79 Å². The molecule has 0 saturated heterocycles. The molecular weight excluding hydrogens is 230 g/mol. The number of esters is 1. The number of benzene rings is 1. The summed E-state index contributed by atoms with van der Waals surface area (Å²) < 4.78 is 4.70. The van der Waals surface area contributed by atoms with Crippen LogP contribution in [0.5, 0.6) is 0 Å². The number of unbranched alkanes of at least 4 members (excludes halogenated alkanes) is 2. The zero-order valence-electron chi connectivity index (χ0n) is 11.0. The fourth-order valence-corrected chi connectivity index (χ4v) is 1.76. The van der Waals surface area contributed by atoms with Gasteiger partial charge in [-0.05, 0) is 49.9 Å². The van der Waals surface area contributed by atoms with E-state index in [1.165, 1.54) is 7.11 Å². The van der Waals surface area contributed by atoms with Crippen molar-refractivity contribution in [2.45, 2.75) is 26.2 Å². The molecule has 0 unspecified atom stereocenters. The minimum atomic E-state index is -0.304. The van der Waals surface area contributed by atoms with E-state index in [4.69, 9.17) is 9.84 Å². The Hall–Kier alpha value is -1.55. The molecule has 4 heteroatoms. The van der Waals surface area contributed by atoms with E-state index in [0.717, 1.165) is 37.1 Å². The van der Waals surface area contributed by atoms with Gasteiger partial charge in [0.15, 0.2) is 0 Å². The van der Waals surface area contributed by atoms with Gasteiger partial charge in [-0.3, -0.25) is 0 Å². The number of carbonyl (C=O) groups excluding carboxylic acids is 1. The van der Waals surface area contributed by atoms with Gasteiger partial charge in [0.1, 0.15) is 0 Å². The lowest BCUT2D eigenvalue weighted by Crippen LogP contribution is -2.06. The Balaban J connectivity index is 2.49. The first-order valence-corrected chi connectivity index (χ1v) is 6.22. The second-order valence-electron chi connectivity index (χ2n) is 4.23. The van der Waals surface area contributed by atoms with Crippen molar-refractivity contribution >= 4 is 11.7 Å². The molecule has 0 bridgehead atoms. The fourth-order valence-electron chi connectivity index (χ4n) is 1.76. The minimum absolute atomic E-state index is 0.257. The van der Waals surface area contributed by atoms with Crippen LogP contribution < -0.4 is 5.32 Å². The molecule has 4 nitrogen and oxygen atoms in total. The molecule has 0 fully saturated rings. The standard InChI is InChI=1S/C14H21NO3/c1-11-10-12(15-8-4-3-5-9-16)6-7-13(11)14(17)18-2/h6-7,10,15-16H,3-5,8-9H2,1-2H3. The third-order valence-electron chi connectivity index (χ3n) is 2.80. The molecule has 0 atom stereocenters. The maximum atomic E-state index is 11.4. The van der Waals surface area contributed by atoms with Crippen molar-refractivity contribution in [2.24, 2.45) is 0 Å². The maximum absolute atomic E-state index is 11.4. The second-order valence-corrected chi connectivity index (χ2v) is 4.23. The topological polar surface area (TPSA) is 58.6 Å². The van der Waals surface area contributed by atoms with E-state index >= 15 is 0 Å². The first kappa shape index (κ1) is 14.5. The van der Waals surface area contributed by atoms with E-state index in [1.807, 2.05) is 19.1 Å². The Bertz CT molecular complexity index is 391. The molecule has 1 aromatic rings. The molecule has 0 aliphatic carbocycles. The molecule has 0 aliphatic heterocycles. The number of aliphatic hydroxyl groups is 1. The summed E-state index contributed by atoms with van der Waals surface area (Å²) in [6, 6.07) is 5.60. The summed E-state index contributed by atoms with van der Waals surface area (Å²) in [6.45, 7) is 3.02. The summed E-state index contributed by atoms with van der Waals surface area (Å²) in [7, 11) is 1.38. The summed E-state index contributed by atoms with van der Waals surface area (Å²) in [4.78, 5) is 11.4. The van der Waals surface area contributed by atoms with Crippen molar-refractivity contribution in [3.05, 3.63) is 29.3 Å². The molecule has 0 spiro atoms. The zero-order valence-corrected chi connectivity index (χ0v) is 11.0. The Kier molecular flexibility index (Phi) is 6.22. The van der Waals surface area contributed by atoms with Crippen molar-refractivity contribution in [2.75, 3.05) is 25.6 Å². The number of methoxy groups -OCH3 is 1.